The van der Waals surface area contributed by atoms with Crippen LogP contribution < -0.4 is 4.74 Å². The Morgan fingerprint density at radius 3 is 2.52 bits per heavy atom. The topological polar surface area (TPSA) is 64.5 Å². The number of likely N-dealkylation sites (N-methyl/N-ethyl adjacent to an activating group) is 1. The largest absolute Gasteiger partial charge is 0.476 e. The first kappa shape index (κ1) is 22.7. The van der Waals surface area contributed by atoms with E-state index in [-0.39, 0.29) is 17.1 Å². The predicted molar refractivity (Wildman–Crippen MR) is 114 cm³/mol. The van der Waals surface area contributed by atoms with Crippen LogP contribution in [0.5, 0.6) is 5.88 Å². The summed E-state index contributed by atoms with van der Waals surface area (Å²) in [6.45, 7) is 5.95. The van der Waals surface area contributed by atoms with Crippen LogP contribution in [0.15, 0.2) is 36.5 Å². The first-order valence-electron chi connectivity index (χ1n) is 9.52. The number of carbonyl (C=O) groups excluding carboxylic acids is 1. The number of fused-ring (bicyclic) bond motifs is 1. The van der Waals surface area contributed by atoms with Crippen LogP contribution in [0.4, 0.5) is 13.6 Å². The zero-order valence-electron chi connectivity index (χ0n) is 17.6. The standard InChI is InChI=1S/C22H22ClF2N3O3/c1-22(2,3)31-21(29)28(4)7-8-30-20-6-5-13(12-26-20)18-10-15(23)14-9-16(24)17(25)11-19(14)27-18/h5-6,9-12H,7-8H2,1-4H3. The molecule has 0 fully saturated rings. The highest BCUT2D eigenvalue weighted by atomic mass is 35.5. The van der Waals surface area contributed by atoms with Gasteiger partial charge in [0.25, 0.3) is 0 Å². The lowest BCUT2D eigenvalue weighted by Gasteiger charge is -2.24. The maximum absolute atomic E-state index is 13.6. The summed E-state index contributed by atoms with van der Waals surface area (Å²) in [7, 11) is 1.62. The van der Waals surface area contributed by atoms with Crippen LogP contribution in [0, 0.1) is 11.6 Å². The Morgan fingerprint density at radius 2 is 1.87 bits per heavy atom. The lowest BCUT2D eigenvalue weighted by molar-refractivity contribution is 0.0277. The van der Waals surface area contributed by atoms with E-state index >= 15 is 0 Å². The van der Waals surface area contributed by atoms with Gasteiger partial charge in [-0.15, -0.1) is 0 Å². The van der Waals surface area contributed by atoms with Gasteiger partial charge in [-0.3, -0.25) is 0 Å². The van der Waals surface area contributed by atoms with E-state index in [0.29, 0.717) is 29.1 Å². The van der Waals surface area contributed by atoms with Gasteiger partial charge in [0, 0.05) is 36.3 Å². The zero-order valence-corrected chi connectivity index (χ0v) is 18.3. The Hall–Kier alpha value is -3.00. The van der Waals surface area contributed by atoms with Crippen LogP contribution in [0.2, 0.25) is 5.02 Å². The summed E-state index contributed by atoms with van der Waals surface area (Å²) in [6.07, 6.45) is 1.10. The molecule has 0 N–H and O–H groups in total. The summed E-state index contributed by atoms with van der Waals surface area (Å²) in [5.41, 5.74) is 0.773. The van der Waals surface area contributed by atoms with E-state index in [1.54, 1.807) is 46.0 Å². The summed E-state index contributed by atoms with van der Waals surface area (Å²) in [5, 5.41) is 0.579. The molecule has 0 unspecified atom stereocenters. The van der Waals surface area contributed by atoms with Crippen molar-refractivity contribution in [3.05, 3.63) is 53.2 Å². The number of benzene rings is 1. The van der Waals surface area contributed by atoms with Crippen LogP contribution in [0.3, 0.4) is 0 Å². The molecule has 0 aliphatic heterocycles. The minimum atomic E-state index is -0.994. The fourth-order valence-corrected chi connectivity index (χ4v) is 2.92. The quantitative estimate of drug-likeness (QED) is 0.516. The normalized spacial score (nSPS) is 11.5. The van der Waals surface area contributed by atoms with Crippen LogP contribution in [-0.4, -0.2) is 46.8 Å². The van der Waals surface area contributed by atoms with Crippen LogP contribution in [0.25, 0.3) is 22.2 Å². The average molecular weight is 450 g/mol. The second kappa shape index (κ2) is 9.01. The lowest BCUT2D eigenvalue weighted by atomic mass is 10.1. The highest BCUT2D eigenvalue weighted by Crippen LogP contribution is 2.29. The van der Waals surface area contributed by atoms with Gasteiger partial charge < -0.3 is 14.4 Å². The number of carbonyl (C=O) groups is 1. The van der Waals surface area contributed by atoms with Crippen molar-refractivity contribution in [3.63, 3.8) is 0 Å². The highest BCUT2D eigenvalue weighted by Gasteiger charge is 2.19. The van der Waals surface area contributed by atoms with Crippen molar-refractivity contribution >= 4 is 28.6 Å². The minimum Gasteiger partial charge on any atom is -0.476 e. The molecule has 0 radical (unpaired) electrons. The maximum atomic E-state index is 13.6. The van der Waals surface area contributed by atoms with Gasteiger partial charge in [-0.2, -0.15) is 0 Å². The molecule has 164 valence electrons. The molecule has 1 aromatic carbocycles. The van der Waals surface area contributed by atoms with E-state index in [1.807, 2.05) is 0 Å². The molecule has 31 heavy (non-hydrogen) atoms. The summed E-state index contributed by atoms with van der Waals surface area (Å²) < 4.78 is 37.9. The van der Waals surface area contributed by atoms with Gasteiger partial charge in [0.1, 0.15) is 12.2 Å². The number of hydrogen-bond donors (Lipinski definition) is 0. The van der Waals surface area contributed by atoms with Crippen LogP contribution >= 0.6 is 11.6 Å². The molecule has 2 heterocycles. The summed E-state index contributed by atoms with van der Waals surface area (Å²) >= 11 is 6.21. The van der Waals surface area contributed by atoms with E-state index in [0.717, 1.165) is 12.1 Å². The number of pyridine rings is 2. The molecule has 3 rings (SSSR count). The zero-order chi connectivity index (χ0) is 22.8. The second-order valence-electron chi connectivity index (χ2n) is 7.91. The molecule has 0 aliphatic carbocycles. The SMILES string of the molecule is CN(CCOc1ccc(-c2cc(Cl)c3cc(F)c(F)cc3n2)cn1)C(=O)OC(C)(C)C. The van der Waals surface area contributed by atoms with E-state index in [9.17, 15) is 13.6 Å². The number of amides is 1. The molecule has 0 atom stereocenters. The van der Waals surface area contributed by atoms with Crippen molar-refractivity contribution in [2.24, 2.45) is 0 Å². The van der Waals surface area contributed by atoms with Crippen molar-refractivity contribution in [2.45, 2.75) is 26.4 Å². The number of rotatable bonds is 5. The fourth-order valence-electron chi connectivity index (χ4n) is 2.66. The van der Waals surface area contributed by atoms with Gasteiger partial charge in [0.15, 0.2) is 11.6 Å². The smallest absolute Gasteiger partial charge is 0.410 e. The second-order valence-corrected chi connectivity index (χ2v) is 8.32. The van der Waals surface area contributed by atoms with E-state index in [4.69, 9.17) is 21.1 Å². The van der Waals surface area contributed by atoms with E-state index in [2.05, 4.69) is 9.97 Å². The van der Waals surface area contributed by atoms with Crippen molar-refractivity contribution < 1.29 is 23.0 Å². The van der Waals surface area contributed by atoms with Gasteiger partial charge in [0.2, 0.25) is 5.88 Å². The Bertz CT molecular complexity index is 1100. The van der Waals surface area contributed by atoms with Gasteiger partial charge in [-0.25, -0.2) is 23.5 Å². The van der Waals surface area contributed by atoms with Gasteiger partial charge in [-0.1, -0.05) is 11.6 Å². The van der Waals surface area contributed by atoms with Gasteiger partial charge >= 0.3 is 6.09 Å². The van der Waals surface area contributed by atoms with Crippen molar-refractivity contribution in [1.82, 2.24) is 14.9 Å². The van der Waals surface area contributed by atoms with Gasteiger partial charge in [-0.05, 0) is 39.0 Å². The van der Waals surface area contributed by atoms with Crippen molar-refractivity contribution in [3.8, 4) is 17.1 Å². The minimum absolute atomic E-state index is 0.229. The monoisotopic (exact) mass is 449 g/mol. The molecule has 3 aromatic rings. The molecule has 0 saturated carbocycles. The molecule has 9 heteroatoms. The van der Waals surface area contributed by atoms with Crippen molar-refractivity contribution in [2.75, 3.05) is 20.2 Å². The molecule has 0 saturated heterocycles. The third-order valence-corrected chi connectivity index (χ3v) is 4.53. The molecular weight excluding hydrogens is 428 g/mol. The van der Waals surface area contributed by atoms with E-state index < -0.39 is 23.3 Å². The van der Waals surface area contributed by atoms with Crippen molar-refractivity contribution in [1.29, 1.82) is 0 Å². The maximum Gasteiger partial charge on any atom is 0.410 e. The Labute approximate surface area is 183 Å². The average Bonchev–Trinajstić information content (AvgIpc) is 2.68. The lowest BCUT2D eigenvalue weighted by Crippen LogP contribution is -2.36. The molecule has 6 nitrogen and oxygen atoms in total. The summed E-state index contributed by atoms with van der Waals surface area (Å²) in [6, 6.07) is 6.96. The highest BCUT2D eigenvalue weighted by molar-refractivity contribution is 6.35. The molecule has 1 amide bonds. The molecule has 0 spiro atoms. The first-order valence-corrected chi connectivity index (χ1v) is 9.90. The number of halogens is 3. The molecule has 2 aromatic heterocycles. The van der Waals surface area contributed by atoms with E-state index in [1.165, 1.54) is 11.1 Å². The molecular formula is C22H22ClF2N3O3. The number of ether oxygens (including phenoxy) is 2. The third-order valence-electron chi connectivity index (χ3n) is 4.21. The Morgan fingerprint density at radius 1 is 1.16 bits per heavy atom. The number of nitrogens with zero attached hydrogens (tertiary/aromatic N) is 3. The number of hydrogen-bond acceptors (Lipinski definition) is 5. The van der Waals surface area contributed by atoms with Crippen LogP contribution in [-0.2, 0) is 4.74 Å². The van der Waals surface area contributed by atoms with Crippen LogP contribution in [0.1, 0.15) is 20.8 Å². The molecule has 0 aliphatic rings. The fraction of sp³-hybridized carbons (Fsp3) is 0.318. The summed E-state index contributed by atoms with van der Waals surface area (Å²) in [5.74, 6) is -1.61. The van der Waals surface area contributed by atoms with Gasteiger partial charge in [0.05, 0.1) is 22.8 Å². The Balaban J connectivity index is 1.65. The first-order chi connectivity index (χ1) is 14.5. The molecule has 0 bridgehead atoms. The third kappa shape index (κ3) is 5.79. The predicted octanol–water partition coefficient (Wildman–Crippen LogP) is 5.47. The Kier molecular flexibility index (Phi) is 6.59. The summed E-state index contributed by atoms with van der Waals surface area (Å²) in [4.78, 5) is 21.9. The number of aromatic nitrogens is 2.